The summed E-state index contributed by atoms with van der Waals surface area (Å²) in [7, 11) is 5.85. The van der Waals surface area contributed by atoms with E-state index < -0.39 is 17.1 Å². The van der Waals surface area contributed by atoms with Crippen molar-refractivity contribution in [2.24, 2.45) is 19.1 Å². The average molecular weight is 347 g/mol. The molecular formula is C17H21N3O5. The van der Waals surface area contributed by atoms with Crippen molar-refractivity contribution in [3.63, 3.8) is 0 Å². The highest BCUT2D eigenvalue weighted by Gasteiger charge is 2.17. The Bertz CT molecular complexity index is 918. The summed E-state index contributed by atoms with van der Waals surface area (Å²) < 4.78 is 12.4. The molecule has 8 nitrogen and oxygen atoms in total. The number of methoxy groups -OCH3 is 2. The van der Waals surface area contributed by atoms with Crippen LogP contribution < -0.4 is 20.7 Å². The van der Waals surface area contributed by atoms with Gasteiger partial charge in [-0.15, -0.1) is 0 Å². The first-order valence-corrected chi connectivity index (χ1v) is 7.52. The van der Waals surface area contributed by atoms with Crippen LogP contribution in [0.1, 0.15) is 18.1 Å². The molecule has 0 amide bonds. The number of ether oxygens (including phenoxy) is 2. The Kier molecular flexibility index (Phi) is 5.31. The number of aliphatic imine (C=N–C) groups is 1. The van der Waals surface area contributed by atoms with E-state index in [1.54, 1.807) is 39.3 Å². The Morgan fingerprint density at radius 3 is 2.16 bits per heavy atom. The molecule has 0 unspecified atom stereocenters. The molecule has 1 N–H and O–H groups in total. The fraction of sp³-hybridized carbons (Fsp3) is 0.353. The summed E-state index contributed by atoms with van der Waals surface area (Å²) in [5, 5.41) is 10.1. The van der Waals surface area contributed by atoms with E-state index in [-0.39, 0.29) is 12.1 Å². The Morgan fingerprint density at radius 2 is 1.64 bits per heavy atom. The predicted octanol–water partition coefficient (Wildman–Crippen LogP) is 0.816. The molecule has 0 saturated carbocycles. The molecule has 0 radical (unpaired) electrons. The number of benzene rings is 1. The maximum absolute atomic E-state index is 12.3. The van der Waals surface area contributed by atoms with E-state index in [1.807, 2.05) is 0 Å². The molecular weight excluding hydrogens is 326 g/mol. The molecule has 0 fully saturated rings. The van der Waals surface area contributed by atoms with Gasteiger partial charge in [-0.1, -0.05) is 0 Å². The van der Waals surface area contributed by atoms with Crippen molar-refractivity contribution >= 4 is 5.71 Å². The molecule has 1 aromatic carbocycles. The van der Waals surface area contributed by atoms with E-state index in [4.69, 9.17) is 9.47 Å². The van der Waals surface area contributed by atoms with Crippen LogP contribution >= 0.6 is 0 Å². The average Bonchev–Trinajstić information content (AvgIpc) is 2.62. The number of hydrogen-bond donors (Lipinski definition) is 1. The van der Waals surface area contributed by atoms with Crippen molar-refractivity contribution < 1.29 is 14.6 Å². The third kappa shape index (κ3) is 3.57. The second-order valence-corrected chi connectivity index (χ2v) is 5.53. The summed E-state index contributed by atoms with van der Waals surface area (Å²) in [6.45, 7) is 1.86. The molecule has 0 saturated heterocycles. The maximum Gasteiger partial charge on any atom is 0.333 e. The smallest absolute Gasteiger partial charge is 0.333 e. The van der Waals surface area contributed by atoms with Gasteiger partial charge in [-0.25, -0.2) is 4.79 Å². The summed E-state index contributed by atoms with van der Waals surface area (Å²) in [6, 6.07) is 5.35. The second kappa shape index (κ2) is 7.25. The largest absolute Gasteiger partial charge is 0.497 e. The zero-order valence-electron chi connectivity index (χ0n) is 14.9. The Morgan fingerprint density at radius 1 is 1.08 bits per heavy atom. The molecule has 2 rings (SSSR count). The van der Waals surface area contributed by atoms with Gasteiger partial charge in [0.2, 0.25) is 5.88 Å². The van der Waals surface area contributed by atoms with Gasteiger partial charge < -0.3 is 14.6 Å². The maximum atomic E-state index is 12.3. The van der Waals surface area contributed by atoms with Crippen LogP contribution in [-0.2, 0) is 20.6 Å². The zero-order valence-corrected chi connectivity index (χ0v) is 14.9. The summed E-state index contributed by atoms with van der Waals surface area (Å²) in [6.07, 6.45) is 0. The van der Waals surface area contributed by atoms with Crippen LogP contribution in [0.25, 0.3) is 0 Å². The molecule has 0 aliphatic heterocycles. The quantitative estimate of drug-likeness (QED) is 0.808. The summed E-state index contributed by atoms with van der Waals surface area (Å²) in [4.78, 5) is 28.5. The number of nitrogens with zero attached hydrogens (tertiary/aromatic N) is 3. The van der Waals surface area contributed by atoms with Crippen molar-refractivity contribution in [2.45, 2.75) is 13.5 Å². The molecule has 1 aromatic heterocycles. The van der Waals surface area contributed by atoms with E-state index >= 15 is 0 Å². The lowest BCUT2D eigenvalue weighted by Gasteiger charge is -2.10. The van der Waals surface area contributed by atoms with Crippen LogP contribution in [0.5, 0.6) is 17.4 Å². The minimum atomic E-state index is -0.600. The minimum absolute atomic E-state index is 0.000499. The molecule has 1 heterocycles. The van der Waals surface area contributed by atoms with Gasteiger partial charge in [-0.2, -0.15) is 0 Å². The monoisotopic (exact) mass is 347 g/mol. The van der Waals surface area contributed by atoms with E-state index in [0.717, 1.165) is 14.7 Å². The van der Waals surface area contributed by atoms with Crippen molar-refractivity contribution in [1.82, 2.24) is 9.13 Å². The highest BCUT2D eigenvalue weighted by molar-refractivity contribution is 6.00. The van der Waals surface area contributed by atoms with Crippen molar-refractivity contribution in [3.05, 3.63) is 50.2 Å². The molecule has 25 heavy (non-hydrogen) atoms. The lowest BCUT2D eigenvalue weighted by molar-refractivity contribution is 0.393. The summed E-state index contributed by atoms with van der Waals surface area (Å²) in [5.74, 6) is 0.851. The van der Waals surface area contributed by atoms with Gasteiger partial charge >= 0.3 is 5.69 Å². The third-order valence-electron chi connectivity index (χ3n) is 3.91. The Labute approximate surface area is 144 Å². The standard InChI is InChI=1S/C17H21N3O5/c1-10(14-15(21)19(2)17(23)20(3)16(14)22)18-9-11-6-12(24-4)8-13(7-11)25-5/h6-8,21H,9H2,1-5H3. The van der Waals surface area contributed by atoms with Crippen molar-refractivity contribution in [2.75, 3.05) is 14.2 Å². The van der Waals surface area contributed by atoms with E-state index in [9.17, 15) is 14.7 Å². The molecule has 134 valence electrons. The molecule has 0 atom stereocenters. The predicted molar refractivity (Wildman–Crippen MR) is 94.0 cm³/mol. The van der Waals surface area contributed by atoms with Crippen LogP contribution in [0.15, 0.2) is 32.8 Å². The highest BCUT2D eigenvalue weighted by atomic mass is 16.5. The summed E-state index contributed by atoms with van der Waals surface area (Å²) >= 11 is 0. The van der Waals surface area contributed by atoms with Gasteiger partial charge in [-0.3, -0.25) is 18.9 Å². The minimum Gasteiger partial charge on any atom is -0.497 e. The fourth-order valence-electron chi connectivity index (χ4n) is 2.40. The first-order valence-electron chi connectivity index (χ1n) is 7.52. The Balaban J connectivity index is 2.45. The van der Waals surface area contributed by atoms with Gasteiger partial charge in [0.05, 0.1) is 26.5 Å². The molecule has 0 bridgehead atoms. The SMILES string of the molecule is COc1cc(CN=C(C)c2c(O)n(C)c(=O)n(C)c2=O)cc(OC)c1. The lowest BCUT2D eigenvalue weighted by atomic mass is 10.1. The van der Waals surface area contributed by atoms with Crippen molar-refractivity contribution in [1.29, 1.82) is 0 Å². The van der Waals surface area contributed by atoms with Crippen LogP contribution in [0.2, 0.25) is 0 Å². The van der Waals surface area contributed by atoms with Crippen LogP contribution in [0.3, 0.4) is 0 Å². The number of aromatic nitrogens is 2. The van der Waals surface area contributed by atoms with E-state index in [0.29, 0.717) is 17.2 Å². The normalized spacial score (nSPS) is 11.5. The van der Waals surface area contributed by atoms with Crippen LogP contribution in [-0.4, -0.2) is 34.2 Å². The van der Waals surface area contributed by atoms with E-state index in [1.165, 1.54) is 14.1 Å². The number of rotatable bonds is 5. The summed E-state index contributed by atoms with van der Waals surface area (Å²) in [5.41, 5.74) is -0.0479. The van der Waals surface area contributed by atoms with Gasteiger partial charge in [0.25, 0.3) is 5.56 Å². The molecule has 0 aliphatic carbocycles. The van der Waals surface area contributed by atoms with Crippen LogP contribution in [0, 0.1) is 0 Å². The molecule has 0 aliphatic rings. The molecule has 8 heteroatoms. The number of hydrogen-bond acceptors (Lipinski definition) is 6. The van der Waals surface area contributed by atoms with Crippen molar-refractivity contribution in [3.8, 4) is 17.4 Å². The fourth-order valence-corrected chi connectivity index (χ4v) is 2.40. The van der Waals surface area contributed by atoms with Gasteiger partial charge in [0.15, 0.2) is 0 Å². The molecule has 2 aromatic rings. The first kappa shape index (κ1) is 18.3. The Hall–Kier alpha value is -3.03. The zero-order chi connectivity index (χ0) is 18.7. The first-order chi connectivity index (χ1) is 11.8. The lowest BCUT2D eigenvalue weighted by Crippen LogP contribution is -2.39. The third-order valence-corrected chi connectivity index (χ3v) is 3.91. The highest BCUT2D eigenvalue weighted by Crippen LogP contribution is 2.23. The van der Waals surface area contributed by atoms with Gasteiger partial charge in [0, 0.05) is 20.2 Å². The second-order valence-electron chi connectivity index (χ2n) is 5.53. The van der Waals surface area contributed by atoms with E-state index in [2.05, 4.69) is 4.99 Å². The van der Waals surface area contributed by atoms with Gasteiger partial charge in [-0.05, 0) is 24.6 Å². The van der Waals surface area contributed by atoms with Crippen LogP contribution in [0.4, 0.5) is 0 Å². The number of aromatic hydroxyl groups is 1. The van der Waals surface area contributed by atoms with Gasteiger partial charge in [0.1, 0.15) is 17.1 Å². The topological polar surface area (TPSA) is 95.0 Å². The molecule has 0 spiro atoms.